The van der Waals surface area contributed by atoms with E-state index in [9.17, 15) is 50.3 Å². The Morgan fingerprint density at radius 3 is 1.56 bits per heavy atom. The molecular formula is C18H31FO15. The van der Waals surface area contributed by atoms with Crippen molar-refractivity contribution in [2.45, 2.75) is 92.2 Å². The molecule has 3 aliphatic heterocycles. The molecule has 0 aromatic heterocycles. The van der Waals surface area contributed by atoms with Gasteiger partial charge < -0.3 is 74.7 Å². The number of hydrogen-bond acceptors (Lipinski definition) is 15. The molecule has 3 rings (SSSR count). The molecule has 0 spiro atoms. The van der Waals surface area contributed by atoms with Crippen molar-refractivity contribution < 1.29 is 79.1 Å². The van der Waals surface area contributed by atoms with Crippen molar-refractivity contribution in [3.8, 4) is 0 Å². The Balaban J connectivity index is 1.58. The first kappa shape index (κ1) is 27.9. The molecule has 0 saturated carbocycles. The van der Waals surface area contributed by atoms with Gasteiger partial charge in [0.2, 0.25) is 0 Å². The van der Waals surface area contributed by atoms with Gasteiger partial charge in [-0.15, -0.1) is 0 Å². The molecule has 0 radical (unpaired) electrons. The van der Waals surface area contributed by atoms with Crippen LogP contribution < -0.4 is 0 Å². The third-order valence-corrected chi connectivity index (χ3v) is 6.01. The number of aliphatic hydroxyl groups excluding tert-OH is 10. The van der Waals surface area contributed by atoms with E-state index in [2.05, 4.69) is 0 Å². The summed E-state index contributed by atoms with van der Waals surface area (Å²) in [5, 5.41) is 97.9. The summed E-state index contributed by atoms with van der Waals surface area (Å²) in [5.74, 6) is 0. The fourth-order valence-corrected chi connectivity index (χ4v) is 3.82. The van der Waals surface area contributed by atoms with Crippen molar-refractivity contribution >= 4 is 0 Å². The van der Waals surface area contributed by atoms with E-state index in [-0.39, 0.29) is 0 Å². The zero-order chi connectivity index (χ0) is 25.3. The number of rotatable bonds is 7. The first-order chi connectivity index (χ1) is 16.0. The molecule has 34 heavy (non-hydrogen) atoms. The molecule has 0 aromatic carbocycles. The van der Waals surface area contributed by atoms with Gasteiger partial charge in [-0.25, -0.2) is 4.39 Å². The van der Waals surface area contributed by atoms with Gasteiger partial charge in [0.15, 0.2) is 25.0 Å². The van der Waals surface area contributed by atoms with E-state index in [1.54, 1.807) is 0 Å². The van der Waals surface area contributed by atoms with Crippen LogP contribution in [0.2, 0.25) is 0 Å². The quantitative estimate of drug-likeness (QED) is 0.154. The van der Waals surface area contributed by atoms with Gasteiger partial charge in [0.05, 0.1) is 19.8 Å². The fourth-order valence-electron chi connectivity index (χ4n) is 3.82. The second-order valence-electron chi connectivity index (χ2n) is 8.37. The van der Waals surface area contributed by atoms with Crippen LogP contribution in [-0.4, -0.2) is 163 Å². The number of ether oxygens (including phenoxy) is 5. The van der Waals surface area contributed by atoms with Crippen LogP contribution in [0.25, 0.3) is 0 Å². The Labute approximate surface area is 192 Å². The maximum Gasteiger partial charge on any atom is 0.187 e. The maximum atomic E-state index is 14.0. The van der Waals surface area contributed by atoms with Crippen molar-refractivity contribution in [3.05, 3.63) is 0 Å². The zero-order valence-corrected chi connectivity index (χ0v) is 17.7. The second-order valence-corrected chi connectivity index (χ2v) is 8.37. The van der Waals surface area contributed by atoms with Crippen LogP contribution in [-0.2, 0) is 23.7 Å². The molecule has 10 N–H and O–H groups in total. The fraction of sp³-hybridized carbons (Fsp3) is 1.00. The van der Waals surface area contributed by atoms with Gasteiger partial charge in [-0.3, -0.25) is 0 Å². The van der Waals surface area contributed by atoms with Crippen molar-refractivity contribution in [1.29, 1.82) is 0 Å². The number of alkyl halides is 1. The Bertz CT molecular complexity index is 644. The van der Waals surface area contributed by atoms with Gasteiger partial charge >= 0.3 is 0 Å². The molecule has 200 valence electrons. The normalized spacial score (nSPS) is 52.5. The van der Waals surface area contributed by atoms with Crippen LogP contribution in [0.3, 0.4) is 0 Å². The van der Waals surface area contributed by atoms with E-state index >= 15 is 0 Å². The lowest BCUT2D eigenvalue weighted by Gasteiger charge is -2.43. The monoisotopic (exact) mass is 506 g/mol. The summed E-state index contributed by atoms with van der Waals surface area (Å²) in [6, 6.07) is 0. The lowest BCUT2D eigenvalue weighted by Crippen LogP contribution is -2.62. The Morgan fingerprint density at radius 2 is 1.00 bits per heavy atom. The standard InChI is InChI=1S/C18H31FO15/c19-7-8(21)4(1-20)33-17(11(7)24)30-3-6-10(23)13(26)15(28)18(34-6)31-2-5-9(22)12(25)14(27)16(29)32-5/h4-18,20-29H,1-3H2/t4-,5-,6-,7+,8+,9+,10+,11-,12+,13+,14-,15-,16-,17-,18-/m1/s1. The van der Waals surface area contributed by atoms with Crippen molar-refractivity contribution in [3.63, 3.8) is 0 Å². The lowest BCUT2D eigenvalue weighted by atomic mass is 9.98. The summed E-state index contributed by atoms with van der Waals surface area (Å²) < 4.78 is 39.9. The molecular weight excluding hydrogens is 475 g/mol. The average Bonchev–Trinajstić information content (AvgIpc) is 2.82. The topological polar surface area (TPSA) is 248 Å². The smallest absolute Gasteiger partial charge is 0.187 e. The van der Waals surface area contributed by atoms with E-state index in [4.69, 9.17) is 28.8 Å². The Morgan fingerprint density at radius 1 is 0.529 bits per heavy atom. The molecule has 3 fully saturated rings. The highest BCUT2D eigenvalue weighted by molar-refractivity contribution is 4.93. The third-order valence-electron chi connectivity index (χ3n) is 6.01. The molecule has 0 aliphatic carbocycles. The number of aliphatic hydroxyl groups is 10. The first-order valence-electron chi connectivity index (χ1n) is 10.5. The molecule has 3 heterocycles. The largest absolute Gasteiger partial charge is 0.394 e. The number of hydrogen-bond donors (Lipinski definition) is 10. The molecule has 0 bridgehead atoms. The minimum atomic E-state index is -2.21. The van der Waals surface area contributed by atoms with E-state index in [1.807, 2.05) is 0 Å². The van der Waals surface area contributed by atoms with Crippen LogP contribution in [0, 0.1) is 0 Å². The molecule has 3 saturated heterocycles. The average molecular weight is 506 g/mol. The Kier molecular flexibility index (Phi) is 9.51. The molecule has 0 aromatic rings. The predicted octanol–water partition coefficient (Wildman–Crippen LogP) is -6.60. The summed E-state index contributed by atoms with van der Waals surface area (Å²) in [4.78, 5) is 0. The molecule has 0 amide bonds. The number of halogens is 1. The van der Waals surface area contributed by atoms with Gasteiger partial charge in [-0.1, -0.05) is 0 Å². The highest BCUT2D eigenvalue weighted by Gasteiger charge is 2.49. The summed E-state index contributed by atoms with van der Waals surface area (Å²) in [6.07, 6.45) is -25.8. The minimum Gasteiger partial charge on any atom is -0.394 e. The highest BCUT2D eigenvalue weighted by atomic mass is 19.1. The van der Waals surface area contributed by atoms with Gasteiger partial charge in [0, 0.05) is 0 Å². The zero-order valence-electron chi connectivity index (χ0n) is 17.7. The van der Waals surface area contributed by atoms with Crippen LogP contribution in [0.5, 0.6) is 0 Å². The van der Waals surface area contributed by atoms with Gasteiger partial charge in [-0.05, 0) is 0 Å². The predicted molar refractivity (Wildman–Crippen MR) is 100 cm³/mol. The molecule has 16 heteroatoms. The summed E-state index contributed by atoms with van der Waals surface area (Å²) in [6.45, 7) is -1.99. The summed E-state index contributed by atoms with van der Waals surface area (Å²) in [5.41, 5.74) is 0. The maximum absolute atomic E-state index is 14.0. The molecule has 0 unspecified atom stereocenters. The molecule has 15 nitrogen and oxygen atoms in total. The van der Waals surface area contributed by atoms with E-state index < -0.39 is 112 Å². The van der Waals surface area contributed by atoms with Gasteiger partial charge in [-0.2, -0.15) is 0 Å². The Hall–Kier alpha value is -0.670. The van der Waals surface area contributed by atoms with Crippen molar-refractivity contribution in [1.82, 2.24) is 0 Å². The van der Waals surface area contributed by atoms with Crippen molar-refractivity contribution in [2.75, 3.05) is 19.8 Å². The van der Waals surface area contributed by atoms with E-state index in [0.29, 0.717) is 0 Å². The molecule has 15 atom stereocenters. The van der Waals surface area contributed by atoms with Crippen LogP contribution in [0.15, 0.2) is 0 Å². The van der Waals surface area contributed by atoms with Gasteiger partial charge in [0.25, 0.3) is 0 Å². The minimum absolute atomic E-state index is 0.593. The van der Waals surface area contributed by atoms with E-state index in [0.717, 1.165) is 0 Å². The van der Waals surface area contributed by atoms with Crippen molar-refractivity contribution in [2.24, 2.45) is 0 Å². The SMILES string of the molecule is OC[C@H]1O[C@@H](OC[C@H]2O[C@@H](OC[C@H]3O[C@@H](O)[C@H](O)[C@@H](O)[C@H]3O)[C@H](O)[C@@H](O)[C@H]2O)[C@H](O)[C@@H](F)[C@H]1O. The van der Waals surface area contributed by atoms with Crippen LogP contribution in [0.1, 0.15) is 0 Å². The summed E-state index contributed by atoms with van der Waals surface area (Å²) in [7, 11) is 0. The molecule has 3 aliphatic rings. The highest BCUT2D eigenvalue weighted by Crippen LogP contribution is 2.28. The summed E-state index contributed by atoms with van der Waals surface area (Å²) >= 11 is 0. The van der Waals surface area contributed by atoms with Crippen LogP contribution in [0.4, 0.5) is 4.39 Å². The lowest BCUT2D eigenvalue weighted by molar-refractivity contribution is -0.338. The van der Waals surface area contributed by atoms with Gasteiger partial charge in [0.1, 0.15) is 67.1 Å². The van der Waals surface area contributed by atoms with E-state index in [1.165, 1.54) is 0 Å². The van der Waals surface area contributed by atoms with Crippen LogP contribution >= 0.6 is 0 Å². The second kappa shape index (κ2) is 11.6. The third kappa shape index (κ3) is 5.66. The first-order valence-corrected chi connectivity index (χ1v) is 10.5.